The quantitative estimate of drug-likeness (QED) is 0.725. The van der Waals surface area contributed by atoms with E-state index in [-0.39, 0.29) is 12.5 Å². The van der Waals surface area contributed by atoms with Gasteiger partial charge in [-0.3, -0.25) is 4.79 Å². The van der Waals surface area contributed by atoms with Gasteiger partial charge in [0.2, 0.25) is 0 Å². The fourth-order valence-corrected chi connectivity index (χ4v) is 2.69. The Kier molecular flexibility index (Phi) is 3.75. The maximum Gasteiger partial charge on any atom is 0.284 e. The number of rotatable bonds is 3. The van der Waals surface area contributed by atoms with Crippen LogP contribution >= 0.6 is 15.9 Å². The highest BCUT2D eigenvalue weighted by atomic mass is 79.9. The van der Waals surface area contributed by atoms with Gasteiger partial charge in [0.05, 0.1) is 10.2 Å². The van der Waals surface area contributed by atoms with Crippen LogP contribution < -0.4 is 4.74 Å². The molecule has 1 heterocycles. The molecule has 0 spiro atoms. The van der Waals surface area contributed by atoms with E-state index in [1.165, 1.54) is 4.68 Å². The largest absolute Gasteiger partial charge is 0.482 e. The van der Waals surface area contributed by atoms with E-state index in [1.54, 1.807) is 12.3 Å². The number of halogens is 1. The first-order valence-electron chi connectivity index (χ1n) is 6.50. The van der Waals surface area contributed by atoms with E-state index in [4.69, 9.17) is 4.74 Å². The molecule has 0 amide bonds. The number of hydrogen-bond acceptors (Lipinski definition) is 3. The Morgan fingerprint density at radius 2 is 2.05 bits per heavy atom. The number of aromatic nitrogens is 2. The summed E-state index contributed by atoms with van der Waals surface area (Å²) in [5.41, 5.74) is 0.801. The minimum absolute atomic E-state index is 0.0575. The molecule has 0 saturated carbocycles. The average Bonchev–Trinajstić information content (AvgIpc) is 2.93. The summed E-state index contributed by atoms with van der Waals surface area (Å²) in [5.74, 6) is 0.439. The van der Waals surface area contributed by atoms with Gasteiger partial charge in [-0.15, -0.1) is 0 Å². The molecule has 0 atom stereocenters. The highest BCUT2D eigenvalue weighted by Crippen LogP contribution is 2.32. The molecule has 0 aliphatic carbocycles. The molecule has 21 heavy (non-hydrogen) atoms. The van der Waals surface area contributed by atoms with Crippen molar-refractivity contribution in [3.8, 4) is 5.75 Å². The average molecular weight is 345 g/mol. The lowest BCUT2D eigenvalue weighted by molar-refractivity contribution is 0.0820. The summed E-state index contributed by atoms with van der Waals surface area (Å²) in [7, 11) is 0. The van der Waals surface area contributed by atoms with Crippen LogP contribution in [-0.2, 0) is 0 Å². The van der Waals surface area contributed by atoms with E-state index in [0.29, 0.717) is 5.75 Å². The first kappa shape index (κ1) is 13.8. The van der Waals surface area contributed by atoms with E-state index in [0.717, 1.165) is 20.9 Å². The van der Waals surface area contributed by atoms with Gasteiger partial charge in [-0.05, 0) is 45.8 Å². The fourth-order valence-electron chi connectivity index (χ4n) is 2.08. The van der Waals surface area contributed by atoms with Crippen LogP contribution in [0, 0.1) is 6.92 Å². The van der Waals surface area contributed by atoms with Crippen LogP contribution in [0.2, 0.25) is 0 Å². The summed E-state index contributed by atoms with van der Waals surface area (Å²) in [4.78, 5) is 12.0. The molecule has 5 heteroatoms. The Morgan fingerprint density at radius 1 is 1.24 bits per heavy atom. The maximum absolute atomic E-state index is 12.0. The normalized spacial score (nSPS) is 10.8. The number of carbonyl (C=O) groups excluding carboxylic acids is 1. The minimum Gasteiger partial charge on any atom is -0.482 e. The molecule has 0 bridgehead atoms. The molecule has 0 radical (unpaired) electrons. The van der Waals surface area contributed by atoms with E-state index in [9.17, 15) is 4.79 Å². The van der Waals surface area contributed by atoms with Crippen LogP contribution in [0.5, 0.6) is 5.75 Å². The SMILES string of the molecule is Cc1ccn(C(=O)COc2ccc3ccccc3c2Br)n1. The molecule has 0 unspecified atom stereocenters. The fraction of sp³-hybridized carbons (Fsp3) is 0.125. The second kappa shape index (κ2) is 5.69. The number of nitrogens with zero attached hydrogens (tertiary/aromatic N) is 2. The van der Waals surface area contributed by atoms with Gasteiger partial charge in [0.25, 0.3) is 5.91 Å². The Balaban J connectivity index is 1.79. The van der Waals surface area contributed by atoms with E-state index >= 15 is 0 Å². The second-order valence-electron chi connectivity index (χ2n) is 4.68. The van der Waals surface area contributed by atoms with Crippen molar-refractivity contribution in [3.05, 3.63) is 58.8 Å². The molecule has 0 saturated heterocycles. The van der Waals surface area contributed by atoms with Gasteiger partial charge < -0.3 is 4.74 Å². The van der Waals surface area contributed by atoms with Gasteiger partial charge in [0, 0.05) is 6.20 Å². The molecule has 3 aromatic rings. The number of aryl methyl sites for hydroxylation is 1. The van der Waals surface area contributed by atoms with Crippen molar-refractivity contribution >= 4 is 32.6 Å². The number of benzene rings is 2. The molecule has 3 rings (SSSR count). The summed E-state index contributed by atoms with van der Waals surface area (Å²) >= 11 is 3.53. The molecule has 0 aliphatic rings. The zero-order valence-electron chi connectivity index (χ0n) is 11.4. The van der Waals surface area contributed by atoms with Gasteiger partial charge in [-0.1, -0.05) is 30.3 Å². The summed E-state index contributed by atoms with van der Waals surface area (Å²) < 4.78 is 7.76. The highest BCUT2D eigenvalue weighted by Gasteiger charge is 2.10. The van der Waals surface area contributed by atoms with Crippen LogP contribution in [0.25, 0.3) is 10.8 Å². The topological polar surface area (TPSA) is 44.1 Å². The first-order valence-corrected chi connectivity index (χ1v) is 7.30. The van der Waals surface area contributed by atoms with Crippen molar-refractivity contribution in [2.45, 2.75) is 6.92 Å². The second-order valence-corrected chi connectivity index (χ2v) is 5.48. The van der Waals surface area contributed by atoms with Crippen LogP contribution in [-0.4, -0.2) is 22.3 Å². The lowest BCUT2D eigenvalue weighted by Crippen LogP contribution is -2.19. The molecular weight excluding hydrogens is 332 g/mol. The minimum atomic E-state index is -0.205. The first-order chi connectivity index (χ1) is 10.1. The van der Waals surface area contributed by atoms with Crippen molar-refractivity contribution in [2.24, 2.45) is 0 Å². The summed E-state index contributed by atoms with van der Waals surface area (Å²) in [6.07, 6.45) is 1.64. The van der Waals surface area contributed by atoms with Crippen molar-refractivity contribution < 1.29 is 9.53 Å². The third-order valence-corrected chi connectivity index (χ3v) is 3.97. The standard InChI is InChI=1S/C16H13BrN2O2/c1-11-8-9-19(18-11)15(20)10-21-14-7-6-12-4-2-3-5-13(12)16(14)17/h2-9H,10H2,1H3. The molecule has 0 aliphatic heterocycles. The van der Waals surface area contributed by atoms with Crippen molar-refractivity contribution in [1.82, 2.24) is 9.78 Å². The Labute approximate surface area is 130 Å². The zero-order chi connectivity index (χ0) is 14.8. The number of hydrogen-bond donors (Lipinski definition) is 0. The lowest BCUT2D eigenvalue weighted by Gasteiger charge is -2.09. The number of ether oxygens (including phenoxy) is 1. The predicted molar refractivity (Wildman–Crippen MR) is 84.7 cm³/mol. The lowest BCUT2D eigenvalue weighted by atomic mass is 10.1. The third-order valence-electron chi connectivity index (χ3n) is 3.16. The van der Waals surface area contributed by atoms with E-state index < -0.39 is 0 Å². The van der Waals surface area contributed by atoms with Gasteiger partial charge >= 0.3 is 0 Å². The summed E-state index contributed by atoms with van der Waals surface area (Å²) in [5, 5.41) is 6.24. The summed E-state index contributed by atoms with van der Waals surface area (Å²) in [6, 6.07) is 13.6. The number of carbonyl (C=O) groups is 1. The Hall–Kier alpha value is -2.14. The third kappa shape index (κ3) is 2.83. The van der Waals surface area contributed by atoms with E-state index in [1.807, 2.05) is 43.3 Å². The van der Waals surface area contributed by atoms with Crippen molar-refractivity contribution in [2.75, 3.05) is 6.61 Å². The van der Waals surface area contributed by atoms with Crippen LogP contribution in [0.3, 0.4) is 0 Å². The van der Waals surface area contributed by atoms with Crippen molar-refractivity contribution in [3.63, 3.8) is 0 Å². The molecular formula is C16H13BrN2O2. The van der Waals surface area contributed by atoms with Gasteiger partial charge in [-0.2, -0.15) is 5.10 Å². The Morgan fingerprint density at radius 3 is 2.81 bits per heavy atom. The van der Waals surface area contributed by atoms with Crippen LogP contribution in [0.4, 0.5) is 0 Å². The maximum atomic E-state index is 12.0. The predicted octanol–water partition coefficient (Wildman–Crippen LogP) is 3.83. The zero-order valence-corrected chi connectivity index (χ0v) is 13.0. The van der Waals surface area contributed by atoms with Crippen LogP contribution in [0.15, 0.2) is 53.1 Å². The van der Waals surface area contributed by atoms with Gasteiger partial charge in [0.1, 0.15) is 5.75 Å². The van der Waals surface area contributed by atoms with Gasteiger partial charge in [-0.25, -0.2) is 4.68 Å². The Bertz CT molecular complexity index is 811. The summed E-state index contributed by atoms with van der Waals surface area (Å²) in [6.45, 7) is 1.78. The van der Waals surface area contributed by atoms with Crippen LogP contribution in [0.1, 0.15) is 10.5 Å². The van der Waals surface area contributed by atoms with Crippen molar-refractivity contribution in [1.29, 1.82) is 0 Å². The monoisotopic (exact) mass is 344 g/mol. The van der Waals surface area contributed by atoms with Gasteiger partial charge in [0.15, 0.2) is 6.61 Å². The van der Waals surface area contributed by atoms with E-state index in [2.05, 4.69) is 21.0 Å². The molecule has 1 aromatic heterocycles. The molecule has 2 aromatic carbocycles. The smallest absolute Gasteiger partial charge is 0.284 e. The number of fused-ring (bicyclic) bond motifs is 1. The highest BCUT2D eigenvalue weighted by molar-refractivity contribution is 9.10. The molecule has 0 N–H and O–H groups in total. The molecule has 4 nitrogen and oxygen atoms in total. The molecule has 0 fully saturated rings. The molecule has 106 valence electrons.